The molecule has 0 spiro atoms. The van der Waals surface area contributed by atoms with Crippen molar-refractivity contribution >= 4 is 0 Å². The van der Waals surface area contributed by atoms with Gasteiger partial charge in [-0.2, -0.15) is 0 Å². The molecule has 3 atom stereocenters. The third kappa shape index (κ3) is 7.67. The number of ether oxygens (including phenoxy) is 1. The van der Waals surface area contributed by atoms with Gasteiger partial charge in [0.2, 0.25) is 0 Å². The van der Waals surface area contributed by atoms with Crippen molar-refractivity contribution in [3.8, 4) is 11.5 Å². The molecule has 0 saturated heterocycles. The van der Waals surface area contributed by atoms with E-state index < -0.39 is 0 Å². The second kappa shape index (κ2) is 13.9. The first-order valence-corrected chi connectivity index (χ1v) is 15.1. The number of benzene rings is 1. The Morgan fingerprint density at radius 1 is 0.811 bits per heavy atom. The lowest BCUT2D eigenvalue weighted by molar-refractivity contribution is -0.0705. The Labute approximate surface area is 230 Å². The number of hydrogen-bond donors (Lipinski definition) is 1. The molecule has 0 saturated carbocycles. The maximum atomic E-state index is 10.8. The van der Waals surface area contributed by atoms with E-state index >= 15 is 0 Å². The monoisotopic (exact) mass is 510 g/mol. The van der Waals surface area contributed by atoms with Gasteiger partial charge in [-0.05, 0) is 94.2 Å². The van der Waals surface area contributed by atoms with Gasteiger partial charge in [-0.3, -0.25) is 0 Å². The highest BCUT2D eigenvalue weighted by Crippen LogP contribution is 2.55. The van der Waals surface area contributed by atoms with Gasteiger partial charge in [-0.15, -0.1) is 13.2 Å². The average Bonchev–Trinajstić information content (AvgIpc) is 2.83. The molecule has 0 aliphatic carbocycles. The smallest absolute Gasteiger partial charge is 0.127 e. The van der Waals surface area contributed by atoms with E-state index in [1.54, 1.807) is 0 Å². The summed E-state index contributed by atoms with van der Waals surface area (Å²) in [7, 11) is 0. The van der Waals surface area contributed by atoms with Crippen molar-refractivity contribution in [3.05, 3.63) is 47.6 Å². The number of rotatable bonds is 16. The highest BCUT2D eigenvalue weighted by Gasteiger charge is 2.52. The van der Waals surface area contributed by atoms with Crippen LogP contribution in [0.4, 0.5) is 0 Å². The number of aromatic hydroxyl groups is 1. The molecule has 2 heteroatoms. The highest BCUT2D eigenvalue weighted by atomic mass is 16.5. The zero-order chi connectivity index (χ0) is 27.8. The summed E-state index contributed by atoms with van der Waals surface area (Å²) < 4.78 is 7.03. The van der Waals surface area contributed by atoms with E-state index in [-0.39, 0.29) is 11.0 Å². The Morgan fingerprint density at radius 2 is 1.32 bits per heavy atom. The summed E-state index contributed by atoms with van der Waals surface area (Å²) in [6.45, 7) is 26.2. The predicted octanol–water partition coefficient (Wildman–Crippen LogP) is 10.6. The maximum absolute atomic E-state index is 10.8. The zero-order valence-electron chi connectivity index (χ0n) is 25.6. The molecule has 37 heavy (non-hydrogen) atoms. The minimum atomic E-state index is -0.298. The molecule has 0 aromatic heterocycles. The molecule has 1 aliphatic rings. The molecule has 1 aromatic carbocycles. The molecule has 1 aromatic rings. The van der Waals surface area contributed by atoms with Gasteiger partial charge in [-0.1, -0.05) is 84.8 Å². The van der Waals surface area contributed by atoms with E-state index in [2.05, 4.69) is 66.9 Å². The number of fused-ring (bicyclic) bond motifs is 1. The lowest BCUT2D eigenvalue weighted by atomic mass is 9.61. The molecular formula is C35H58O2. The Bertz CT molecular complexity index is 885. The molecule has 0 fully saturated rings. The van der Waals surface area contributed by atoms with Gasteiger partial charge in [0.05, 0.1) is 0 Å². The second-order valence-corrected chi connectivity index (χ2v) is 13.2. The quantitative estimate of drug-likeness (QED) is 0.224. The van der Waals surface area contributed by atoms with Crippen molar-refractivity contribution < 1.29 is 9.84 Å². The van der Waals surface area contributed by atoms with Crippen molar-refractivity contribution in [2.45, 2.75) is 138 Å². The first-order valence-electron chi connectivity index (χ1n) is 15.1. The van der Waals surface area contributed by atoms with Crippen LogP contribution in [0.1, 0.15) is 128 Å². The van der Waals surface area contributed by atoms with E-state index in [0.717, 1.165) is 71.4 Å². The molecule has 1 heterocycles. The fourth-order valence-electron chi connectivity index (χ4n) is 6.67. The topological polar surface area (TPSA) is 29.5 Å². The molecule has 2 rings (SSSR count). The van der Waals surface area contributed by atoms with Crippen LogP contribution in [0.3, 0.4) is 0 Å². The SMILES string of the molecule is C=CCC1(CC=C)Cc2c(C)c(O)c(C)c(C)c2O[C@@]1(C)CCC[C@H](C)CCC[C@@H](C)CCCC(C)C. The largest absolute Gasteiger partial charge is 0.507 e. The van der Waals surface area contributed by atoms with Crippen LogP contribution >= 0.6 is 0 Å². The number of hydrogen-bond acceptors (Lipinski definition) is 2. The van der Waals surface area contributed by atoms with Crippen molar-refractivity contribution in [1.82, 2.24) is 0 Å². The summed E-state index contributed by atoms with van der Waals surface area (Å²) >= 11 is 0. The number of phenols is 1. The zero-order valence-corrected chi connectivity index (χ0v) is 25.6. The van der Waals surface area contributed by atoms with Crippen LogP contribution in [0.5, 0.6) is 11.5 Å². The van der Waals surface area contributed by atoms with Crippen LogP contribution < -0.4 is 4.74 Å². The predicted molar refractivity (Wildman–Crippen MR) is 162 cm³/mol. The normalized spacial score (nSPS) is 20.2. The molecule has 0 amide bonds. The average molecular weight is 511 g/mol. The first kappa shape index (κ1) is 31.5. The van der Waals surface area contributed by atoms with E-state index in [9.17, 15) is 5.11 Å². The summed E-state index contributed by atoms with van der Waals surface area (Å²) in [4.78, 5) is 0. The van der Waals surface area contributed by atoms with Crippen LogP contribution in [-0.4, -0.2) is 10.7 Å². The van der Waals surface area contributed by atoms with Crippen LogP contribution in [0.2, 0.25) is 0 Å². The fraction of sp³-hybridized carbons (Fsp3) is 0.714. The molecule has 2 nitrogen and oxygen atoms in total. The minimum Gasteiger partial charge on any atom is -0.507 e. The summed E-state index contributed by atoms with van der Waals surface area (Å²) in [6, 6.07) is 0. The summed E-state index contributed by atoms with van der Waals surface area (Å²) in [5.74, 6) is 3.85. The molecule has 0 unspecified atom stereocenters. The standard InChI is InChI=1S/C35H58O2/c1-11-21-35(22-12-2)24-31-30(9)32(36)28(7)29(8)33(31)37-34(35,10)23-15-20-27(6)19-14-18-26(5)17-13-16-25(3)4/h11-12,25-27,36H,1-2,13-24H2,3-10H3/t26-,27+,34-/m0/s1. The van der Waals surface area contributed by atoms with Crippen LogP contribution in [-0.2, 0) is 6.42 Å². The van der Waals surface area contributed by atoms with Gasteiger partial charge < -0.3 is 9.84 Å². The van der Waals surface area contributed by atoms with E-state index in [1.807, 2.05) is 13.8 Å². The Kier molecular flexibility index (Phi) is 11.8. The lowest BCUT2D eigenvalue weighted by Gasteiger charge is -2.53. The molecule has 0 radical (unpaired) electrons. The van der Waals surface area contributed by atoms with Gasteiger partial charge >= 0.3 is 0 Å². The van der Waals surface area contributed by atoms with Crippen LogP contribution in [0, 0.1) is 43.9 Å². The van der Waals surface area contributed by atoms with Gasteiger partial charge in [0.1, 0.15) is 17.1 Å². The van der Waals surface area contributed by atoms with E-state index in [0.29, 0.717) is 5.75 Å². The van der Waals surface area contributed by atoms with Crippen molar-refractivity contribution in [2.75, 3.05) is 0 Å². The Hall–Kier alpha value is -1.70. The van der Waals surface area contributed by atoms with Gasteiger partial charge in [0.15, 0.2) is 0 Å². The molecular weight excluding hydrogens is 452 g/mol. The molecule has 210 valence electrons. The first-order chi connectivity index (χ1) is 17.4. The molecule has 0 bridgehead atoms. The van der Waals surface area contributed by atoms with Crippen molar-refractivity contribution in [1.29, 1.82) is 0 Å². The summed E-state index contributed by atoms with van der Waals surface area (Å²) in [5.41, 5.74) is 3.74. The maximum Gasteiger partial charge on any atom is 0.127 e. The highest BCUT2D eigenvalue weighted by molar-refractivity contribution is 5.59. The van der Waals surface area contributed by atoms with Crippen LogP contribution in [0.15, 0.2) is 25.3 Å². The Balaban J connectivity index is 2.07. The third-order valence-electron chi connectivity index (χ3n) is 9.60. The van der Waals surface area contributed by atoms with Gasteiger partial charge in [-0.25, -0.2) is 0 Å². The van der Waals surface area contributed by atoms with Gasteiger partial charge in [0, 0.05) is 11.0 Å². The van der Waals surface area contributed by atoms with Crippen molar-refractivity contribution in [3.63, 3.8) is 0 Å². The number of phenolic OH excluding ortho intramolecular Hbond substituents is 1. The summed E-state index contributed by atoms with van der Waals surface area (Å²) in [5, 5.41) is 10.8. The Morgan fingerprint density at radius 3 is 1.84 bits per heavy atom. The third-order valence-corrected chi connectivity index (χ3v) is 9.60. The van der Waals surface area contributed by atoms with Crippen molar-refractivity contribution in [2.24, 2.45) is 23.2 Å². The lowest BCUT2D eigenvalue weighted by Crippen LogP contribution is -2.54. The minimum absolute atomic E-state index is 0.100. The molecule has 1 aliphatic heterocycles. The van der Waals surface area contributed by atoms with E-state index in [1.165, 1.54) is 51.4 Å². The molecule has 1 N–H and O–H groups in total. The van der Waals surface area contributed by atoms with Crippen LogP contribution in [0.25, 0.3) is 0 Å². The fourth-order valence-corrected chi connectivity index (χ4v) is 6.67. The van der Waals surface area contributed by atoms with Gasteiger partial charge in [0.25, 0.3) is 0 Å². The van der Waals surface area contributed by atoms with E-state index in [4.69, 9.17) is 4.74 Å². The number of allylic oxidation sites excluding steroid dienone is 2. The second-order valence-electron chi connectivity index (χ2n) is 13.2. The summed E-state index contributed by atoms with van der Waals surface area (Å²) in [6.07, 6.45) is 18.4.